The number of hydrogen-bond acceptors (Lipinski definition) is 2. The Kier molecular flexibility index (Phi) is 7.41. The number of benzene rings is 3. The number of nitrogens with one attached hydrogen (secondary N) is 1. The van der Waals surface area contributed by atoms with Crippen molar-refractivity contribution in [3.8, 4) is 0 Å². The topological polar surface area (TPSA) is 32.3 Å². The Bertz CT molecular complexity index is 1100. The van der Waals surface area contributed by atoms with E-state index in [1.54, 1.807) is 11.1 Å². The van der Waals surface area contributed by atoms with Crippen molar-refractivity contribution in [1.82, 2.24) is 10.2 Å². The summed E-state index contributed by atoms with van der Waals surface area (Å²) in [6, 6.07) is 32.0. The van der Waals surface area contributed by atoms with E-state index >= 15 is 0 Å². The first kappa shape index (κ1) is 24.4. The van der Waals surface area contributed by atoms with Crippen LogP contribution in [-0.2, 0) is 4.79 Å². The molecule has 2 bridgehead atoms. The molecule has 1 N–H and O–H groups in total. The van der Waals surface area contributed by atoms with Crippen LogP contribution in [0.15, 0.2) is 84.9 Å². The third-order valence-electron chi connectivity index (χ3n) is 9.30. The Morgan fingerprint density at radius 2 is 1.27 bits per heavy atom. The fourth-order valence-electron chi connectivity index (χ4n) is 7.36. The molecule has 1 saturated carbocycles. The van der Waals surface area contributed by atoms with Crippen LogP contribution in [0, 0.1) is 5.92 Å². The van der Waals surface area contributed by atoms with Crippen LogP contribution in [0.1, 0.15) is 98.0 Å². The number of nitrogens with zero attached hydrogens (tertiary/aromatic N) is 1. The van der Waals surface area contributed by atoms with Gasteiger partial charge in [-0.05, 0) is 86.1 Å². The second-order valence-electron chi connectivity index (χ2n) is 11.5. The van der Waals surface area contributed by atoms with Gasteiger partial charge in [-0.3, -0.25) is 9.69 Å². The summed E-state index contributed by atoms with van der Waals surface area (Å²) in [6.07, 6.45) is 10.1. The molecule has 1 aliphatic carbocycles. The first-order valence-electron chi connectivity index (χ1n) is 14.5. The minimum Gasteiger partial charge on any atom is -0.353 e. The summed E-state index contributed by atoms with van der Waals surface area (Å²) in [7, 11) is 0. The average molecular weight is 493 g/mol. The fourth-order valence-corrected chi connectivity index (χ4v) is 7.36. The van der Waals surface area contributed by atoms with Gasteiger partial charge in [0.05, 0.1) is 0 Å². The van der Waals surface area contributed by atoms with Crippen molar-refractivity contribution in [3.63, 3.8) is 0 Å². The van der Waals surface area contributed by atoms with Crippen molar-refractivity contribution in [2.24, 2.45) is 5.92 Å². The lowest BCUT2D eigenvalue weighted by atomic mass is 9.83. The molecule has 0 radical (unpaired) electrons. The van der Waals surface area contributed by atoms with Gasteiger partial charge >= 0.3 is 0 Å². The largest absolute Gasteiger partial charge is 0.353 e. The third-order valence-corrected chi connectivity index (χ3v) is 9.30. The van der Waals surface area contributed by atoms with Crippen LogP contribution in [0.4, 0.5) is 0 Å². The lowest BCUT2D eigenvalue weighted by Crippen LogP contribution is -2.38. The fraction of sp³-hybridized carbons (Fsp3) is 0.441. The highest BCUT2D eigenvalue weighted by atomic mass is 16.1. The molecule has 2 fully saturated rings. The molecule has 0 aromatic heterocycles. The molecule has 3 nitrogen and oxygen atoms in total. The lowest BCUT2D eigenvalue weighted by molar-refractivity contribution is -0.122. The predicted octanol–water partition coefficient (Wildman–Crippen LogP) is 7.56. The summed E-state index contributed by atoms with van der Waals surface area (Å²) < 4.78 is 0. The van der Waals surface area contributed by atoms with Crippen molar-refractivity contribution in [2.45, 2.75) is 81.8 Å². The Labute approximate surface area is 222 Å². The van der Waals surface area contributed by atoms with Gasteiger partial charge in [0, 0.05) is 30.5 Å². The van der Waals surface area contributed by atoms with Crippen LogP contribution in [0.2, 0.25) is 0 Å². The molecule has 1 saturated heterocycles. The van der Waals surface area contributed by atoms with Gasteiger partial charge < -0.3 is 5.32 Å². The van der Waals surface area contributed by atoms with Crippen molar-refractivity contribution >= 4 is 5.91 Å². The summed E-state index contributed by atoms with van der Waals surface area (Å²) in [5.41, 5.74) is 5.76. The molecule has 2 atom stereocenters. The van der Waals surface area contributed by atoms with Gasteiger partial charge in [-0.25, -0.2) is 0 Å². The quantitative estimate of drug-likeness (QED) is 0.334. The molecule has 37 heavy (non-hydrogen) atoms. The Balaban J connectivity index is 0.955. The number of amides is 1. The van der Waals surface area contributed by atoms with Gasteiger partial charge in [-0.15, -0.1) is 0 Å². The highest BCUT2D eigenvalue weighted by Crippen LogP contribution is 2.53. The molecule has 3 aliphatic rings. The van der Waals surface area contributed by atoms with Crippen LogP contribution in [0.3, 0.4) is 0 Å². The SMILES string of the molecule is O=C(CCC(c1ccccc1)c1ccccc1)NC1CCC(CCN2C3CCC2c2ccccc23)CC1. The first-order valence-corrected chi connectivity index (χ1v) is 14.5. The summed E-state index contributed by atoms with van der Waals surface area (Å²) in [6.45, 7) is 1.23. The average Bonchev–Trinajstić information content (AvgIpc) is 3.50. The minimum atomic E-state index is 0.215. The van der Waals surface area contributed by atoms with Crippen LogP contribution in [-0.4, -0.2) is 23.4 Å². The number of rotatable bonds is 9. The zero-order chi connectivity index (χ0) is 25.0. The van der Waals surface area contributed by atoms with Crippen LogP contribution in [0.5, 0.6) is 0 Å². The molecule has 0 spiro atoms. The van der Waals surface area contributed by atoms with Crippen molar-refractivity contribution < 1.29 is 4.79 Å². The number of hydrogen-bond donors (Lipinski definition) is 1. The molecule has 192 valence electrons. The van der Waals surface area contributed by atoms with E-state index in [0.29, 0.717) is 24.5 Å². The monoisotopic (exact) mass is 492 g/mol. The van der Waals surface area contributed by atoms with E-state index < -0.39 is 0 Å². The van der Waals surface area contributed by atoms with E-state index in [1.807, 2.05) is 0 Å². The summed E-state index contributed by atoms with van der Waals surface area (Å²) in [5.74, 6) is 1.28. The second-order valence-corrected chi connectivity index (χ2v) is 11.5. The molecule has 2 heterocycles. The van der Waals surface area contributed by atoms with Gasteiger partial charge in [0.25, 0.3) is 0 Å². The predicted molar refractivity (Wildman–Crippen MR) is 150 cm³/mol. The molecule has 6 rings (SSSR count). The van der Waals surface area contributed by atoms with Gasteiger partial charge in [0.1, 0.15) is 0 Å². The van der Waals surface area contributed by atoms with Crippen molar-refractivity contribution in [1.29, 1.82) is 0 Å². The maximum Gasteiger partial charge on any atom is 0.220 e. The molecular weight excluding hydrogens is 452 g/mol. The van der Waals surface area contributed by atoms with E-state index in [2.05, 4.69) is 95.1 Å². The van der Waals surface area contributed by atoms with Crippen molar-refractivity contribution in [3.05, 3.63) is 107 Å². The molecule has 1 amide bonds. The standard InChI is InChI=1S/C34H40N2O/c37-34(22-19-29(26-9-3-1-4-10-26)27-11-5-2-6-12-27)35-28-17-15-25(16-18-28)23-24-36-32-20-21-33(36)31-14-8-7-13-30(31)32/h1-14,25,28-29,32-33H,15-24H2,(H,35,37). The van der Waals surface area contributed by atoms with Gasteiger partial charge in [-0.2, -0.15) is 0 Å². The summed E-state index contributed by atoms with van der Waals surface area (Å²) >= 11 is 0. The molecule has 2 unspecified atom stereocenters. The van der Waals surface area contributed by atoms with Gasteiger partial charge in [-0.1, -0.05) is 84.9 Å². The highest BCUT2D eigenvalue weighted by Gasteiger charge is 2.43. The molecular formula is C34H40N2O. The molecule has 3 aromatic rings. The highest BCUT2D eigenvalue weighted by molar-refractivity contribution is 5.76. The van der Waals surface area contributed by atoms with Gasteiger partial charge in [0.15, 0.2) is 0 Å². The Morgan fingerprint density at radius 3 is 1.84 bits per heavy atom. The van der Waals surface area contributed by atoms with E-state index in [1.165, 1.54) is 49.8 Å². The van der Waals surface area contributed by atoms with Crippen LogP contribution < -0.4 is 5.32 Å². The normalized spacial score (nSPS) is 24.8. The summed E-state index contributed by atoms with van der Waals surface area (Å²) in [4.78, 5) is 15.7. The Morgan fingerprint density at radius 1 is 0.730 bits per heavy atom. The molecule has 3 heteroatoms. The van der Waals surface area contributed by atoms with Gasteiger partial charge in [0.2, 0.25) is 5.91 Å². The third kappa shape index (κ3) is 5.38. The van der Waals surface area contributed by atoms with Crippen LogP contribution in [0.25, 0.3) is 0 Å². The number of carbonyl (C=O) groups is 1. The maximum atomic E-state index is 12.9. The smallest absolute Gasteiger partial charge is 0.220 e. The number of fused-ring (bicyclic) bond motifs is 5. The molecule has 2 aliphatic heterocycles. The van der Waals surface area contributed by atoms with Crippen molar-refractivity contribution in [2.75, 3.05) is 6.54 Å². The van der Waals surface area contributed by atoms with E-state index in [9.17, 15) is 4.79 Å². The van der Waals surface area contributed by atoms with E-state index in [4.69, 9.17) is 0 Å². The maximum absolute atomic E-state index is 12.9. The lowest BCUT2D eigenvalue weighted by Gasteiger charge is -2.31. The zero-order valence-electron chi connectivity index (χ0n) is 21.9. The first-order chi connectivity index (χ1) is 18.3. The zero-order valence-corrected chi connectivity index (χ0v) is 21.9. The van der Waals surface area contributed by atoms with E-state index in [0.717, 1.165) is 25.2 Å². The van der Waals surface area contributed by atoms with E-state index in [-0.39, 0.29) is 11.8 Å². The van der Waals surface area contributed by atoms with Crippen LogP contribution >= 0.6 is 0 Å². The number of carbonyl (C=O) groups excluding carboxylic acids is 1. The second kappa shape index (κ2) is 11.2. The Hall–Kier alpha value is -2.91. The summed E-state index contributed by atoms with van der Waals surface area (Å²) in [5, 5.41) is 3.38. The molecule has 3 aromatic carbocycles. The minimum absolute atomic E-state index is 0.215.